The van der Waals surface area contributed by atoms with Gasteiger partial charge in [-0.1, -0.05) is 0 Å². The number of carbonyl (C=O) groups excluding carboxylic acids is 1. The lowest BCUT2D eigenvalue weighted by Gasteiger charge is -2.19. The van der Waals surface area contributed by atoms with E-state index in [0.717, 1.165) is 12.3 Å². The van der Waals surface area contributed by atoms with E-state index in [1.54, 1.807) is 43.3 Å². The van der Waals surface area contributed by atoms with Crippen LogP contribution in [0.4, 0.5) is 0 Å². The number of rotatable bonds is 7. The van der Waals surface area contributed by atoms with Crippen LogP contribution in [0.3, 0.4) is 0 Å². The van der Waals surface area contributed by atoms with Crippen LogP contribution in [0.5, 0.6) is 11.5 Å². The quantitative estimate of drug-likeness (QED) is 0.741. The predicted molar refractivity (Wildman–Crippen MR) is 74.7 cm³/mol. The number of likely N-dealkylation sites (N-methyl/N-ethyl adjacent to an activating group) is 2. The fraction of sp³-hybridized carbons (Fsp3) is 0.500. The minimum Gasteiger partial charge on any atom is -0.497 e. The Hall–Kier alpha value is -1.75. The molecule has 1 aromatic rings. The van der Waals surface area contributed by atoms with Gasteiger partial charge in [-0.3, -0.25) is 4.79 Å². The first kappa shape index (κ1) is 15.3. The molecule has 1 aromatic carbocycles. The lowest BCUT2D eigenvalue weighted by molar-refractivity contribution is -0.132. The Labute approximate surface area is 114 Å². The molecule has 5 nitrogen and oxygen atoms in total. The number of benzene rings is 1. The van der Waals surface area contributed by atoms with Crippen LogP contribution in [-0.4, -0.2) is 63.7 Å². The molecule has 0 heterocycles. The summed E-state index contributed by atoms with van der Waals surface area (Å²) in [6, 6.07) is 7.17. The molecule has 106 valence electrons. The molecular weight excluding hydrogens is 244 g/mol. The van der Waals surface area contributed by atoms with E-state index in [1.165, 1.54) is 0 Å². The molecule has 19 heavy (non-hydrogen) atoms. The fourth-order valence-electron chi connectivity index (χ4n) is 1.40. The Morgan fingerprint density at radius 1 is 1.05 bits per heavy atom. The Balaban J connectivity index is 2.36. The molecule has 0 saturated heterocycles. The van der Waals surface area contributed by atoms with Gasteiger partial charge in [-0.25, -0.2) is 0 Å². The molecule has 0 N–H and O–H groups in total. The van der Waals surface area contributed by atoms with Crippen molar-refractivity contribution in [2.75, 3.05) is 47.9 Å². The summed E-state index contributed by atoms with van der Waals surface area (Å²) in [6.45, 7) is 1.58. The number of carbonyl (C=O) groups is 1. The highest BCUT2D eigenvalue weighted by molar-refractivity contribution is 5.77. The summed E-state index contributed by atoms with van der Waals surface area (Å²) in [5.74, 6) is 1.40. The van der Waals surface area contributed by atoms with Crippen LogP contribution in [0.25, 0.3) is 0 Å². The van der Waals surface area contributed by atoms with E-state index in [0.29, 0.717) is 12.3 Å². The number of hydrogen-bond acceptors (Lipinski definition) is 4. The van der Waals surface area contributed by atoms with Crippen LogP contribution < -0.4 is 9.47 Å². The highest BCUT2D eigenvalue weighted by atomic mass is 16.5. The molecule has 0 aromatic heterocycles. The van der Waals surface area contributed by atoms with Gasteiger partial charge in [0.1, 0.15) is 11.5 Å². The molecule has 5 heteroatoms. The molecule has 0 fully saturated rings. The standard InChI is InChI=1S/C14H22N2O3/c1-15(2)9-10-16(3)14(17)11-19-13-7-5-12(18-4)6-8-13/h5-8H,9-11H2,1-4H3. The number of hydrogen-bond donors (Lipinski definition) is 0. The number of ether oxygens (including phenoxy) is 2. The van der Waals surface area contributed by atoms with E-state index in [4.69, 9.17) is 9.47 Å². The second-order valence-corrected chi connectivity index (χ2v) is 4.58. The molecule has 0 spiro atoms. The molecule has 0 bridgehead atoms. The van der Waals surface area contributed by atoms with Crippen molar-refractivity contribution in [2.24, 2.45) is 0 Å². The molecule has 0 unspecified atom stereocenters. The SMILES string of the molecule is COc1ccc(OCC(=O)N(C)CCN(C)C)cc1. The summed E-state index contributed by atoms with van der Waals surface area (Å²) in [7, 11) is 7.35. The van der Waals surface area contributed by atoms with E-state index >= 15 is 0 Å². The second kappa shape index (κ2) is 7.63. The summed E-state index contributed by atoms with van der Waals surface area (Å²) < 4.78 is 10.5. The zero-order valence-electron chi connectivity index (χ0n) is 12.0. The third-order valence-electron chi connectivity index (χ3n) is 2.73. The molecule has 0 aliphatic rings. The fourth-order valence-corrected chi connectivity index (χ4v) is 1.40. The average molecular weight is 266 g/mol. The van der Waals surface area contributed by atoms with E-state index in [1.807, 2.05) is 19.0 Å². The van der Waals surface area contributed by atoms with E-state index in [9.17, 15) is 4.79 Å². The number of methoxy groups -OCH3 is 1. The first-order valence-corrected chi connectivity index (χ1v) is 6.18. The first-order chi connectivity index (χ1) is 9.02. The van der Waals surface area contributed by atoms with Crippen LogP contribution in [-0.2, 0) is 4.79 Å². The third kappa shape index (κ3) is 5.61. The van der Waals surface area contributed by atoms with Crippen molar-refractivity contribution < 1.29 is 14.3 Å². The lowest BCUT2D eigenvalue weighted by Crippen LogP contribution is -2.36. The summed E-state index contributed by atoms with van der Waals surface area (Å²) in [6.07, 6.45) is 0. The Morgan fingerprint density at radius 2 is 1.63 bits per heavy atom. The highest BCUT2D eigenvalue weighted by Gasteiger charge is 2.09. The van der Waals surface area contributed by atoms with Crippen LogP contribution in [0, 0.1) is 0 Å². The van der Waals surface area contributed by atoms with Crippen LogP contribution in [0.2, 0.25) is 0 Å². The van der Waals surface area contributed by atoms with Gasteiger partial charge in [0.15, 0.2) is 6.61 Å². The molecule has 0 aliphatic carbocycles. The topological polar surface area (TPSA) is 42.0 Å². The molecule has 0 atom stereocenters. The summed E-state index contributed by atoms with van der Waals surface area (Å²) in [4.78, 5) is 15.5. The van der Waals surface area contributed by atoms with Crippen LogP contribution in [0.1, 0.15) is 0 Å². The molecule has 1 rings (SSSR count). The third-order valence-corrected chi connectivity index (χ3v) is 2.73. The first-order valence-electron chi connectivity index (χ1n) is 6.18. The largest absolute Gasteiger partial charge is 0.497 e. The van der Waals surface area contributed by atoms with Gasteiger partial charge in [0.25, 0.3) is 5.91 Å². The highest BCUT2D eigenvalue weighted by Crippen LogP contribution is 2.16. The van der Waals surface area contributed by atoms with E-state index in [2.05, 4.69) is 0 Å². The minimum atomic E-state index is -0.0299. The van der Waals surface area contributed by atoms with Gasteiger partial charge in [0.05, 0.1) is 7.11 Å². The Bertz CT molecular complexity index is 390. The van der Waals surface area contributed by atoms with Crippen molar-refractivity contribution in [3.8, 4) is 11.5 Å². The Morgan fingerprint density at radius 3 is 2.16 bits per heavy atom. The smallest absolute Gasteiger partial charge is 0.260 e. The zero-order valence-corrected chi connectivity index (χ0v) is 12.0. The maximum atomic E-state index is 11.8. The van der Waals surface area contributed by atoms with Crippen molar-refractivity contribution in [1.82, 2.24) is 9.80 Å². The monoisotopic (exact) mass is 266 g/mol. The maximum absolute atomic E-state index is 11.8. The van der Waals surface area contributed by atoms with Gasteiger partial charge in [-0.05, 0) is 38.4 Å². The summed E-state index contributed by atoms with van der Waals surface area (Å²) >= 11 is 0. The minimum absolute atomic E-state index is 0.0299. The molecule has 0 saturated carbocycles. The summed E-state index contributed by atoms with van der Waals surface area (Å²) in [5, 5.41) is 0. The van der Waals surface area contributed by atoms with Gasteiger partial charge in [0.2, 0.25) is 0 Å². The van der Waals surface area contributed by atoms with Crippen molar-refractivity contribution in [2.45, 2.75) is 0 Å². The van der Waals surface area contributed by atoms with Crippen molar-refractivity contribution >= 4 is 5.91 Å². The Kier molecular flexibility index (Phi) is 6.15. The number of nitrogens with zero attached hydrogens (tertiary/aromatic N) is 2. The summed E-state index contributed by atoms with van der Waals surface area (Å²) in [5.41, 5.74) is 0. The van der Waals surface area contributed by atoms with Crippen molar-refractivity contribution in [3.63, 3.8) is 0 Å². The zero-order chi connectivity index (χ0) is 14.3. The number of amides is 1. The maximum Gasteiger partial charge on any atom is 0.260 e. The van der Waals surface area contributed by atoms with E-state index < -0.39 is 0 Å². The van der Waals surface area contributed by atoms with Crippen LogP contribution in [0.15, 0.2) is 24.3 Å². The van der Waals surface area contributed by atoms with Gasteiger partial charge in [-0.15, -0.1) is 0 Å². The normalized spacial score (nSPS) is 10.4. The molecule has 0 radical (unpaired) electrons. The van der Waals surface area contributed by atoms with Gasteiger partial charge in [0, 0.05) is 20.1 Å². The van der Waals surface area contributed by atoms with E-state index in [-0.39, 0.29) is 12.5 Å². The average Bonchev–Trinajstić information content (AvgIpc) is 2.42. The van der Waals surface area contributed by atoms with Gasteiger partial charge in [-0.2, -0.15) is 0 Å². The van der Waals surface area contributed by atoms with Crippen LogP contribution >= 0.6 is 0 Å². The second-order valence-electron chi connectivity index (χ2n) is 4.58. The predicted octanol–water partition coefficient (Wildman–Crippen LogP) is 1.09. The molecule has 1 amide bonds. The lowest BCUT2D eigenvalue weighted by atomic mass is 10.3. The molecular formula is C14H22N2O3. The van der Waals surface area contributed by atoms with Crippen molar-refractivity contribution in [3.05, 3.63) is 24.3 Å². The van der Waals surface area contributed by atoms with Crippen molar-refractivity contribution in [1.29, 1.82) is 0 Å². The molecule has 0 aliphatic heterocycles. The van der Waals surface area contributed by atoms with Gasteiger partial charge >= 0.3 is 0 Å². The van der Waals surface area contributed by atoms with Gasteiger partial charge < -0.3 is 19.3 Å².